The topological polar surface area (TPSA) is 55.4 Å². The van der Waals surface area contributed by atoms with Crippen LogP contribution in [0.1, 0.15) is 22.8 Å². The zero-order valence-corrected chi connectivity index (χ0v) is 16.8. The van der Waals surface area contributed by atoms with Gasteiger partial charge in [-0.1, -0.05) is 47.5 Å². The molecule has 0 atom stereocenters. The highest BCUT2D eigenvalue weighted by Gasteiger charge is 2.10. The van der Waals surface area contributed by atoms with Crippen molar-refractivity contribution >= 4 is 40.8 Å². The van der Waals surface area contributed by atoms with Gasteiger partial charge in [-0.2, -0.15) is 0 Å². The van der Waals surface area contributed by atoms with Crippen LogP contribution in [0.15, 0.2) is 60.7 Å². The first-order valence-electron chi connectivity index (χ1n) is 8.49. The predicted molar refractivity (Wildman–Crippen MR) is 112 cm³/mol. The first-order valence-corrected chi connectivity index (χ1v) is 9.25. The summed E-state index contributed by atoms with van der Waals surface area (Å²) in [4.78, 5) is 23.5. The molecule has 1 amide bonds. The van der Waals surface area contributed by atoms with Crippen LogP contribution in [0.25, 0.3) is 11.1 Å². The van der Waals surface area contributed by atoms with Crippen LogP contribution in [0.5, 0.6) is 5.75 Å². The Morgan fingerprint density at radius 2 is 1.54 bits per heavy atom. The largest absolute Gasteiger partial charge is 0.425 e. The summed E-state index contributed by atoms with van der Waals surface area (Å²) in [5.41, 5.74) is 3.83. The normalized spacial score (nSPS) is 10.4. The molecule has 142 valence electrons. The quantitative estimate of drug-likeness (QED) is 0.412. The number of carbonyl (C=O) groups is 2. The van der Waals surface area contributed by atoms with Crippen molar-refractivity contribution in [2.75, 3.05) is 5.32 Å². The number of hydrogen-bond acceptors (Lipinski definition) is 3. The molecule has 0 saturated carbocycles. The molecule has 3 rings (SSSR count). The summed E-state index contributed by atoms with van der Waals surface area (Å²) in [6.07, 6.45) is 0. The molecule has 0 aromatic heterocycles. The van der Waals surface area contributed by atoms with Crippen molar-refractivity contribution in [3.05, 3.63) is 81.8 Å². The second kappa shape index (κ2) is 8.46. The molecule has 6 heteroatoms. The van der Waals surface area contributed by atoms with Gasteiger partial charge < -0.3 is 10.1 Å². The molecular weight excluding hydrogens is 397 g/mol. The molecule has 0 saturated heterocycles. The van der Waals surface area contributed by atoms with E-state index in [2.05, 4.69) is 5.32 Å². The van der Waals surface area contributed by atoms with Gasteiger partial charge in [0.2, 0.25) is 0 Å². The first kappa shape index (κ1) is 19.9. The standard InChI is InChI=1S/C22H17Cl2NO3/c1-13-3-9-18(12-19(13)23)25-22(27)16-6-4-15(5-7-16)17-8-10-21(20(24)11-17)28-14(2)26/h3-12H,1-2H3,(H,25,27). The maximum atomic E-state index is 12.4. The van der Waals surface area contributed by atoms with E-state index < -0.39 is 5.97 Å². The minimum absolute atomic E-state index is 0.227. The van der Waals surface area contributed by atoms with Gasteiger partial charge in [0.1, 0.15) is 5.75 Å². The van der Waals surface area contributed by atoms with Crippen LogP contribution in [-0.4, -0.2) is 11.9 Å². The van der Waals surface area contributed by atoms with Crippen molar-refractivity contribution in [2.45, 2.75) is 13.8 Å². The molecule has 0 fully saturated rings. The summed E-state index contributed by atoms with van der Waals surface area (Å²) < 4.78 is 5.03. The van der Waals surface area contributed by atoms with Gasteiger partial charge in [0.25, 0.3) is 5.91 Å². The Labute approximate surface area is 173 Å². The average molecular weight is 414 g/mol. The van der Waals surface area contributed by atoms with Crippen molar-refractivity contribution in [2.24, 2.45) is 0 Å². The summed E-state index contributed by atoms with van der Waals surface area (Å²) in [6.45, 7) is 3.22. The number of benzene rings is 3. The van der Waals surface area contributed by atoms with E-state index in [-0.39, 0.29) is 5.91 Å². The highest BCUT2D eigenvalue weighted by Crippen LogP contribution is 2.31. The number of nitrogens with one attached hydrogen (secondary N) is 1. The monoisotopic (exact) mass is 413 g/mol. The number of hydrogen-bond donors (Lipinski definition) is 1. The number of rotatable bonds is 4. The van der Waals surface area contributed by atoms with Gasteiger partial charge in [-0.3, -0.25) is 9.59 Å². The number of anilines is 1. The summed E-state index contributed by atoms with van der Waals surface area (Å²) >= 11 is 12.3. The molecule has 1 N–H and O–H groups in total. The third-order valence-corrected chi connectivity index (χ3v) is 4.80. The van der Waals surface area contributed by atoms with Gasteiger partial charge in [-0.25, -0.2) is 0 Å². The second-order valence-electron chi connectivity index (χ2n) is 6.23. The minimum Gasteiger partial charge on any atom is -0.425 e. The lowest BCUT2D eigenvalue weighted by Crippen LogP contribution is -2.11. The van der Waals surface area contributed by atoms with E-state index in [0.29, 0.717) is 27.0 Å². The van der Waals surface area contributed by atoms with Crippen LogP contribution in [-0.2, 0) is 4.79 Å². The minimum atomic E-state index is -0.431. The van der Waals surface area contributed by atoms with Crippen LogP contribution in [0, 0.1) is 6.92 Å². The smallest absolute Gasteiger partial charge is 0.308 e. The van der Waals surface area contributed by atoms with Crippen molar-refractivity contribution in [1.82, 2.24) is 0 Å². The molecule has 28 heavy (non-hydrogen) atoms. The second-order valence-corrected chi connectivity index (χ2v) is 7.05. The van der Waals surface area contributed by atoms with Crippen LogP contribution in [0.3, 0.4) is 0 Å². The lowest BCUT2D eigenvalue weighted by molar-refractivity contribution is -0.131. The van der Waals surface area contributed by atoms with Crippen LogP contribution >= 0.6 is 23.2 Å². The van der Waals surface area contributed by atoms with Gasteiger partial charge in [0.05, 0.1) is 5.02 Å². The fourth-order valence-electron chi connectivity index (χ4n) is 2.61. The molecule has 0 radical (unpaired) electrons. The SMILES string of the molecule is CC(=O)Oc1ccc(-c2ccc(C(=O)Nc3ccc(C)c(Cl)c3)cc2)cc1Cl. The number of esters is 1. The molecule has 3 aromatic rings. The maximum absolute atomic E-state index is 12.4. The van der Waals surface area contributed by atoms with E-state index in [4.69, 9.17) is 27.9 Å². The lowest BCUT2D eigenvalue weighted by atomic mass is 10.0. The number of amides is 1. The Morgan fingerprint density at radius 1 is 0.857 bits per heavy atom. The number of halogens is 2. The molecule has 0 heterocycles. The first-order chi connectivity index (χ1) is 13.3. The van der Waals surface area contributed by atoms with E-state index in [1.54, 1.807) is 42.5 Å². The van der Waals surface area contributed by atoms with E-state index >= 15 is 0 Å². The third kappa shape index (κ3) is 4.71. The van der Waals surface area contributed by atoms with Crippen molar-refractivity contribution < 1.29 is 14.3 Å². The molecule has 0 unspecified atom stereocenters. The average Bonchev–Trinajstić information content (AvgIpc) is 2.66. The highest BCUT2D eigenvalue weighted by atomic mass is 35.5. The van der Waals surface area contributed by atoms with Gasteiger partial charge in [-0.15, -0.1) is 0 Å². The molecule has 0 aliphatic heterocycles. The third-order valence-electron chi connectivity index (χ3n) is 4.10. The van der Waals surface area contributed by atoms with Crippen molar-refractivity contribution in [3.8, 4) is 16.9 Å². The van der Waals surface area contributed by atoms with Gasteiger partial charge in [-0.05, 0) is 60.0 Å². The van der Waals surface area contributed by atoms with Crippen LogP contribution in [0.2, 0.25) is 10.0 Å². The molecule has 0 aliphatic rings. The van der Waals surface area contributed by atoms with Crippen molar-refractivity contribution in [3.63, 3.8) is 0 Å². The van der Waals surface area contributed by atoms with E-state index in [0.717, 1.165) is 16.7 Å². The zero-order chi connectivity index (χ0) is 20.3. The molecule has 0 bridgehead atoms. The molecule has 0 aliphatic carbocycles. The van der Waals surface area contributed by atoms with E-state index in [9.17, 15) is 9.59 Å². The Balaban J connectivity index is 1.75. The van der Waals surface area contributed by atoms with Crippen LogP contribution in [0.4, 0.5) is 5.69 Å². The molecule has 3 aromatic carbocycles. The van der Waals surface area contributed by atoms with Crippen molar-refractivity contribution in [1.29, 1.82) is 0 Å². The zero-order valence-electron chi connectivity index (χ0n) is 15.3. The Bertz CT molecular complexity index is 1050. The summed E-state index contributed by atoms with van der Waals surface area (Å²) in [5, 5.41) is 3.77. The Morgan fingerprint density at radius 3 is 2.14 bits per heavy atom. The van der Waals surface area contributed by atoms with Gasteiger partial charge in [0.15, 0.2) is 0 Å². The number of aryl methyl sites for hydroxylation is 1. The predicted octanol–water partition coefficient (Wildman–Crippen LogP) is 6.15. The summed E-state index contributed by atoms with van der Waals surface area (Å²) in [7, 11) is 0. The van der Waals surface area contributed by atoms with E-state index in [1.807, 2.05) is 25.1 Å². The molecule has 4 nitrogen and oxygen atoms in total. The maximum Gasteiger partial charge on any atom is 0.308 e. The van der Waals surface area contributed by atoms with Gasteiger partial charge in [0, 0.05) is 23.2 Å². The number of carbonyl (C=O) groups excluding carboxylic acids is 2. The lowest BCUT2D eigenvalue weighted by Gasteiger charge is -2.09. The summed E-state index contributed by atoms with van der Waals surface area (Å²) in [6, 6.07) is 17.6. The fraction of sp³-hybridized carbons (Fsp3) is 0.0909. The summed E-state index contributed by atoms with van der Waals surface area (Å²) in [5.74, 6) is -0.347. The van der Waals surface area contributed by atoms with Crippen LogP contribution < -0.4 is 10.1 Å². The fourth-order valence-corrected chi connectivity index (χ4v) is 3.01. The molecular formula is C22H17Cl2NO3. The Kier molecular flexibility index (Phi) is 6.02. The molecule has 0 spiro atoms. The Hall–Kier alpha value is -2.82. The number of ether oxygens (including phenoxy) is 1. The highest BCUT2D eigenvalue weighted by molar-refractivity contribution is 6.32. The van der Waals surface area contributed by atoms with E-state index in [1.165, 1.54) is 6.92 Å². The van der Waals surface area contributed by atoms with Gasteiger partial charge >= 0.3 is 5.97 Å².